The van der Waals surface area contributed by atoms with E-state index in [-0.39, 0.29) is 53.7 Å². The van der Waals surface area contributed by atoms with E-state index in [4.69, 9.17) is 20.0 Å². The van der Waals surface area contributed by atoms with Gasteiger partial charge in [0, 0.05) is 25.1 Å². The van der Waals surface area contributed by atoms with Crippen LogP contribution in [0.3, 0.4) is 0 Å². The van der Waals surface area contributed by atoms with Gasteiger partial charge >= 0.3 is 24.4 Å². The van der Waals surface area contributed by atoms with Crippen LogP contribution in [-0.4, -0.2) is 54.1 Å². The lowest BCUT2D eigenvalue weighted by Gasteiger charge is -2.34. The van der Waals surface area contributed by atoms with E-state index in [1.165, 1.54) is 22.9 Å². The second kappa shape index (κ2) is 14.9. The number of aromatic nitrogens is 2. The third-order valence-electron chi connectivity index (χ3n) is 6.64. The molecule has 1 aromatic heterocycles. The molecule has 0 bridgehead atoms. The quantitative estimate of drug-likeness (QED) is 0.331. The van der Waals surface area contributed by atoms with Gasteiger partial charge in [0.15, 0.2) is 5.69 Å². The van der Waals surface area contributed by atoms with Crippen molar-refractivity contribution >= 4 is 29.1 Å². The molecule has 1 aromatic carbocycles. The van der Waals surface area contributed by atoms with E-state index >= 15 is 0 Å². The topological polar surface area (TPSA) is 111 Å². The largest absolute Gasteiger partial charge is 0.434 e. The van der Waals surface area contributed by atoms with Crippen LogP contribution < -0.4 is 10.1 Å². The molecule has 0 unspecified atom stereocenters. The van der Waals surface area contributed by atoms with Gasteiger partial charge in [0.2, 0.25) is 0 Å². The van der Waals surface area contributed by atoms with Crippen LogP contribution >= 0.6 is 11.6 Å². The highest BCUT2D eigenvalue weighted by molar-refractivity contribution is 7.51. The Labute approximate surface area is 236 Å². The summed E-state index contributed by atoms with van der Waals surface area (Å²) >= 11 is 5.77. The van der Waals surface area contributed by atoms with E-state index in [9.17, 15) is 31.9 Å². The number of carbonyl (C=O) groups excluding carboxylic acids is 1. The molecule has 0 aliphatic heterocycles. The van der Waals surface area contributed by atoms with Crippen molar-refractivity contribution in [3.05, 3.63) is 34.5 Å². The fourth-order valence-corrected chi connectivity index (χ4v) is 4.80. The summed E-state index contributed by atoms with van der Waals surface area (Å²) in [6.45, 7) is 0.904. The molecule has 1 amide bonds. The highest BCUT2D eigenvalue weighted by Gasteiger charge is 2.33. The van der Waals surface area contributed by atoms with Gasteiger partial charge in [-0.2, -0.15) is 35.5 Å². The summed E-state index contributed by atoms with van der Waals surface area (Å²) in [4.78, 5) is 12.9. The first-order valence-corrected chi connectivity index (χ1v) is 13.6. The Morgan fingerprint density at radius 2 is 1.93 bits per heavy atom. The lowest BCUT2D eigenvalue weighted by Crippen LogP contribution is -2.45. The monoisotopic (exact) mass is 615 g/mol. The second-order valence-electron chi connectivity index (χ2n) is 9.66. The number of aliphatic hydroxyl groups is 1. The minimum Gasteiger partial charge on any atom is -0.434 e. The van der Waals surface area contributed by atoms with Crippen LogP contribution in [0.1, 0.15) is 68.4 Å². The Morgan fingerprint density at radius 3 is 2.48 bits per heavy atom. The maximum atomic E-state index is 13.2. The van der Waals surface area contributed by atoms with Crippen molar-refractivity contribution in [2.45, 2.75) is 83.7 Å². The van der Waals surface area contributed by atoms with Crippen LogP contribution in [0.25, 0.3) is 11.3 Å². The summed E-state index contributed by atoms with van der Waals surface area (Å²) in [7, 11) is 0. The number of hydrogen-bond donors (Lipinski definition) is 2. The molecule has 2 N–H and O–H groups in total. The van der Waals surface area contributed by atoms with Crippen molar-refractivity contribution in [3.8, 4) is 17.0 Å². The molecule has 2 aromatic rings. The minimum atomic E-state index is -4.31. The molecular weight excluding hydrogens is 585 g/mol. The number of nitrogens with zero attached hydrogens (tertiary/aromatic N) is 2. The summed E-state index contributed by atoms with van der Waals surface area (Å²) in [6.07, 6.45) is -2.70. The van der Waals surface area contributed by atoms with Gasteiger partial charge < -0.3 is 15.2 Å². The van der Waals surface area contributed by atoms with Crippen molar-refractivity contribution in [1.29, 1.82) is 0 Å². The minimum absolute atomic E-state index is 0.00943. The third kappa shape index (κ3) is 9.81. The summed E-state index contributed by atoms with van der Waals surface area (Å²) in [5.41, 5.74) is -0.487. The van der Waals surface area contributed by atoms with Crippen LogP contribution in [0, 0.1) is 5.92 Å². The van der Waals surface area contributed by atoms with Gasteiger partial charge in [-0.25, -0.2) is 0 Å². The molecule has 0 atom stereocenters. The SMILES string of the molecule is CCn1nc(C(=O)NCC2(O)CCC(C)CC2)c(Cl)c1-c1ccc(CCCC(F)(F)F)cc1OC(F)F.O=S=O. The molecule has 15 heteroatoms. The van der Waals surface area contributed by atoms with Gasteiger partial charge in [-0.1, -0.05) is 24.6 Å². The van der Waals surface area contributed by atoms with E-state index in [0.717, 1.165) is 12.8 Å². The fraction of sp³-hybridized carbons (Fsp3) is 0.600. The summed E-state index contributed by atoms with van der Waals surface area (Å²) in [6, 6.07) is 4.18. The normalized spacial score (nSPS) is 19.1. The maximum Gasteiger partial charge on any atom is 0.389 e. The average molecular weight is 616 g/mol. The summed E-state index contributed by atoms with van der Waals surface area (Å²) in [5.74, 6) is -0.395. The van der Waals surface area contributed by atoms with Crippen LogP contribution in [0.4, 0.5) is 22.0 Å². The number of aryl methyl sites for hydroxylation is 2. The van der Waals surface area contributed by atoms with Crippen molar-refractivity contribution in [3.63, 3.8) is 0 Å². The Bertz CT molecular complexity index is 1180. The van der Waals surface area contributed by atoms with Gasteiger partial charge in [0.1, 0.15) is 5.75 Å². The first-order chi connectivity index (χ1) is 18.7. The highest BCUT2D eigenvalue weighted by atomic mass is 35.5. The molecule has 1 fully saturated rings. The van der Waals surface area contributed by atoms with Crippen molar-refractivity contribution < 1.29 is 45.0 Å². The number of ether oxygens (including phenoxy) is 1. The first kappa shape index (κ1) is 33.6. The molecule has 0 spiro atoms. The second-order valence-corrected chi connectivity index (χ2v) is 10.2. The smallest absolute Gasteiger partial charge is 0.389 e. The number of carbonyl (C=O) groups is 1. The van der Waals surface area contributed by atoms with E-state index in [0.29, 0.717) is 24.3 Å². The zero-order chi connectivity index (χ0) is 30.1. The highest BCUT2D eigenvalue weighted by Crippen LogP contribution is 2.39. The first-order valence-electron chi connectivity index (χ1n) is 12.6. The fourth-order valence-electron chi connectivity index (χ4n) is 4.48. The Balaban J connectivity index is 0.00000178. The zero-order valence-electron chi connectivity index (χ0n) is 21.9. The van der Waals surface area contributed by atoms with Crippen LogP contribution in [0.2, 0.25) is 5.02 Å². The van der Waals surface area contributed by atoms with Gasteiger partial charge in [-0.15, -0.1) is 0 Å². The molecule has 3 rings (SSSR count). The van der Waals surface area contributed by atoms with Crippen LogP contribution in [0.15, 0.2) is 18.2 Å². The lowest BCUT2D eigenvalue weighted by molar-refractivity contribution is -0.135. The molecule has 8 nitrogen and oxygen atoms in total. The molecule has 40 heavy (non-hydrogen) atoms. The number of hydrogen-bond acceptors (Lipinski definition) is 6. The zero-order valence-corrected chi connectivity index (χ0v) is 23.5. The number of rotatable bonds is 10. The maximum absolute atomic E-state index is 13.2. The molecule has 0 radical (unpaired) electrons. The van der Waals surface area contributed by atoms with E-state index in [1.807, 2.05) is 0 Å². The van der Waals surface area contributed by atoms with Crippen molar-refractivity contribution in [2.75, 3.05) is 6.54 Å². The third-order valence-corrected chi connectivity index (χ3v) is 6.99. The average Bonchev–Trinajstić information content (AvgIpc) is 3.20. The van der Waals surface area contributed by atoms with Crippen molar-refractivity contribution in [2.24, 2.45) is 5.92 Å². The predicted octanol–water partition coefficient (Wildman–Crippen LogP) is 5.71. The summed E-state index contributed by atoms with van der Waals surface area (Å²) in [5, 5.41) is 17.6. The number of alkyl halides is 5. The number of amides is 1. The standard InChI is InChI=1S/C25H31ClF5N3O3.O2S/c1-3-34-21(17-7-6-16(5-4-10-25(29,30)31)13-18(17)37-23(27)28)19(26)20(33-34)22(35)32-14-24(36)11-8-15(2)9-12-24;1-3-2/h6-7,13,15,23,36H,3-5,8-12,14H2,1-2H3,(H,32,35);. The molecule has 1 heterocycles. The van der Waals surface area contributed by atoms with Crippen LogP contribution in [-0.2, 0) is 24.5 Å². The Kier molecular flexibility index (Phi) is 12.5. The molecule has 1 aliphatic carbocycles. The molecular formula is C25H31ClF5N3O5S. The number of benzene rings is 1. The van der Waals surface area contributed by atoms with Gasteiger partial charge in [-0.05, 0) is 69.1 Å². The van der Waals surface area contributed by atoms with Crippen LogP contribution in [0.5, 0.6) is 5.75 Å². The van der Waals surface area contributed by atoms with E-state index in [1.54, 1.807) is 6.92 Å². The Morgan fingerprint density at radius 1 is 1.30 bits per heavy atom. The number of halogens is 6. The van der Waals surface area contributed by atoms with Crippen molar-refractivity contribution in [1.82, 2.24) is 15.1 Å². The molecule has 224 valence electrons. The molecule has 1 saturated carbocycles. The lowest BCUT2D eigenvalue weighted by atomic mass is 9.79. The number of nitrogens with one attached hydrogen (secondary N) is 1. The van der Waals surface area contributed by atoms with Gasteiger partial charge in [-0.3, -0.25) is 9.48 Å². The van der Waals surface area contributed by atoms with Gasteiger partial charge in [0.05, 0.1) is 16.3 Å². The predicted molar refractivity (Wildman–Crippen MR) is 138 cm³/mol. The van der Waals surface area contributed by atoms with E-state index in [2.05, 4.69) is 22.1 Å². The Hall–Kier alpha value is -2.58. The molecule has 1 aliphatic rings. The van der Waals surface area contributed by atoms with Gasteiger partial charge in [0.25, 0.3) is 5.91 Å². The van der Waals surface area contributed by atoms with E-state index < -0.39 is 42.3 Å². The molecule has 0 saturated heterocycles. The summed E-state index contributed by atoms with van der Waals surface area (Å²) < 4.78 is 86.5.